The number of aromatic nitrogens is 2. The van der Waals surface area contributed by atoms with Crippen LogP contribution < -0.4 is 10.2 Å². The molecule has 4 rings (SSSR count). The number of hydrogen-bond donors (Lipinski definition) is 1. The Kier molecular flexibility index (Phi) is 6.39. The minimum atomic E-state index is 0.132. The van der Waals surface area contributed by atoms with Crippen LogP contribution in [0.5, 0.6) is 0 Å². The molecule has 0 saturated carbocycles. The number of piperazine rings is 1. The van der Waals surface area contributed by atoms with Gasteiger partial charge in [-0.1, -0.05) is 11.3 Å². The van der Waals surface area contributed by atoms with Gasteiger partial charge in [0.2, 0.25) is 5.91 Å². The molecule has 0 radical (unpaired) electrons. The fraction of sp³-hybridized carbons (Fsp3) is 0.650. The van der Waals surface area contributed by atoms with Crippen LogP contribution in [0.15, 0.2) is 18.3 Å². The van der Waals surface area contributed by atoms with Crippen molar-refractivity contribution in [2.24, 2.45) is 5.92 Å². The van der Waals surface area contributed by atoms with E-state index in [1.54, 1.807) is 11.3 Å². The van der Waals surface area contributed by atoms with Crippen molar-refractivity contribution >= 4 is 32.7 Å². The third-order valence-electron chi connectivity index (χ3n) is 5.84. The van der Waals surface area contributed by atoms with E-state index in [0.29, 0.717) is 0 Å². The molecule has 4 heterocycles. The molecule has 0 bridgehead atoms. The molecule has 28 heavy (non-hydrogen) atoms. The first-order valence-corrected chi connectivity index (χ1v) is 11.2. The van der Waals surface area contributed by atoms with Gasteiger partial charge in [0.15, 0.2) is 5.13 Å². The summed E-state index contributed by atoms with van der Waals surface area (Å²) in [5.41, 5.74) is 0.961. The maximum Gasteiger partial charge on any atom is 0.223 e. The number of hydrogen-bond acceptors (Lipinski definition) is 7. The van der Waals surface area contributed by atoms with Crippen LogP contribution in [0, 0.1) is 5.92 Å². The highest BCUT2D eigenvalue weighted by Crippen LogP contribution is 2.30. The third kappa shape index (κ3) is 4.79. The first kappa shape index (κ1) is 19.5. The molecule has 8 heteroatoms. The largest absolute Gasteiger partial charge is 0.356 e. The molecule has 1 N–H and O–H groups in total. The maximum absolute atomic E-state index is 12.5. The van der Waals surface area contributed by atoms with Gasteiger partial charge in [-0.15, -0.1) is 0 Å². The van der Waals surface area contributed by atoms with E-state index >= 15 is 0 Å². The Bertz CT molecular complexity index is 747. The molecule has 0 atom stereocenters. The highest BCUT2D eigenvalue weighted by molar-refractivity contribution is 7.21. The van der Waals surface area contributed by atoms with Gasteiger partial charge in [-0.05, 0) is 45.0 Å². The van der Waals surface area contributed by atoms with E-state index in [9.17, 15) is 4.79 Å². The normalized spacial score (nSPS) is 20.0. The van der Waals surface area contributed by atoms with E-state index in [-0.39, 0.29) is 11.8 Å². The van der Waals surface area contributed by atoms with Crippen molar-refractivity contribution in [1.29, 1.82) is 0 Å². The minimum absolute atomic E-state index is 0.132. The van der Waals surface area contributed by atoms with Crippen molar-refractivity contribution in [3.63, 3.8) is 0 Å². The second-order valence-corrected chi connectivity index (χ2v) is 8.83. The molecule has 0 aromatic carbocycles. The summed E-state index contributed by atoms with van der Waals surface area (Å²) < 4.78 is 0. The predicted octanol–water partition coefficient (Wildman–Crippen LogP) is 1.66. The van der Waals surface area contributed by atoms with Gasteiger partial charge in [0.1, 0.15) is 10.3 Å². The average Bonchev–Trinajstić information content (AvgIpc) is 3.17. The number of amides is 1. The van der Waals surface area contributed by atoms with E-state index in [0.717, 1.165) is 87.1 Å². The Labute approximate surface area is 170 Å². The van der Waals surface area contributed by atoms with Crippen molar-refractivity contribution in [3.05, 3.63) is 18.3 Å². The number of carbonyl (C=O) groups excluding carboxylic acids is 1. The summed E-state index contributed by atoms with van der Waals surface area (Å²) in [6.07, 6.45) is 4.64. The number of nitrogens with zero attached hydrogens (tertiary/aromatic N) is 5. The van der Waals surface area contributed by atoms with Gasteiger partial charge >= 0.3 is 0 Å². The van der Waals surface area contributed by atoms with Crippen molar-refractivity contribution in [2.45, 2.75) is 19.3 Å². The highest BCUT2D eigenvalue weighted by Gasteiger charge is 2.26. The summed E-state index contributed by atoms with van der Waals surface area (Å²) in [7, 11) is 2.18. The van der Waals surface area contributed by atoms with Gasteiger partial charge in [-0.2, -0.15) is 0 Å². The Morgan fingerprint density at radius 3 is 2.75 bits per heavy atom. The molecule has 0 spiro atoms. The average molecular weight is 403 g/mol. The van der Waals surface area contributed by atoms with Gasteiger partial charge in [0.05, 0.1) is 0 Å². The lowest BCUT2D eigenvalue weighted by Crippen LogP contribution is -2.45. The lowest BCUT2D eigenvalue weighted by Gasteiger charge is -2.32. The highest BCUT2D eigenvalue weighted by atomic mass is 32.1. The molecule has 2 aromatic rings. The monoisotopic (exact) mass is 402 g/mol. The fourth-order valence-corrected chi connectivity index (χ4v) is 4.92. The van der Waals surface area contributed by atoms with E-state index < -0.39 is 0 Å². The van der Waals surface area contributed by atoms with Crippen LogP contribution >= 0.6 is 11.3 Å². The second kappa shape index (κ2) is 9.15. The Morgan fingerprint density at radius 1 is 1.21 bits per heavy atom. The van der Waals surface area contributed by atoms with Crippen molar-refractivity contribution in [2.75, 3.05) is 64.3 Å². The number of piperidine rings is 1. The summed E-state index contributed by atoms with van der Waals surface area (Å²) in [5.74, 6) is 0.358. The standard InChI is InChI=1S/C20H30N6OS/c1-24-12-14-25(15-13-24)9-3-8-21-18(27)16-5-10-26(11-6-16)20-23-17-4-2-7-22-19(17)28-20/h2,4,7,16H,3,5-6,8-15H2,1H3,(H,21,27). The number of nitrogens with one attached hydrogen (secondary N) is 1. The summed E-state index contributed by atoms with van der Waals surface area (Å²) >= 11 is 1.64. The van der Waals surface area contributed by atoms with E-state index in [1.807, 2.05) is 18.3 Å². The molecular formula is C20H30N6OS. The first-order chi connectivity index (χ1) is 13.7. The smallest absolute Gasteiger partial charge is 0.223 e. The number of pyridine rings is 1. The molecule has 2 aliphatic rings. The number of likely N-dealkylation sites (N-methyl/N-ethyl adjacent to an activating group) is 1. The maximum atomic E-state index is 12.5. The van der Waals surface area contributed by atoms with Gasteiger partial charge < -0.3 is 20.0 Å². The molecule has 1 amide bonds. The molecular weight excluding hydrogens is 372 g/mol. The minimum Gasteiger partial charge on any atom is -0.356 e. The number of thiazole rings is 1. The number of anilines is 1. The quantitative estimate of drug-likeness (QED) is 0.742. The van der Waals surface area contributed by atoms with Crippen LogP contribution in [-0.2, 0) is 4.79 Å². The zero-order chi connectivity index (χ0) is 19.3. The topological polar surface area (TPSA) is 64.6 Å². The lowest BCUT2D eigenvalue weighted by molar-refractivity contribution is -0.125. The SMILES string of the molecule is CN1CCN(CCCNC(=O)C2CCN(c3nc4cccnc4s3)CC2)CC1. The predicted molar refractivity (Wildman–Crippen MR) is 114 cm³/mol. The van der Waals surface area contributed by atoms with Crippen LogP contribution in [0.3, 0.4) is 0 Å². The van der Waals surface area contributed by atoms with Gasteiger partial charge in [-0.25, -0.2) is 9.97 Å². The van der Waals surface area contributed by atoms with Gasteiger partial charge in [0.25, 0.3) is 0 Å². The lowest BCUT2D eigenvalue weighted by atomic mass is 9.96. The van der Waals surface area contributed by atoms with E-state index in [2.05, 4.69) is 37.0 Å². The van der Waals surface area contributed by atoms with Crippen LogP contribution in [0.25, 0.3) is 10.3 Å². The Morgan fingerprint density at radius 2 is 2.00 bits per heavy atom. The van der Waals surface area contributed by atoms with Crippen LogP contribution in [0.2, 0.25) is 0 Å². The third-order valence-corrected chi connectivity index (χ3v) is 6.88. The van der Waals surface area contributed by atoms with Crippen LogP contribution in [0.4, 0.5) is 5.13 Å². The molecule has 2 aliphatic heterocycles. The Hall–Kier alpha value is -1.77. The van der Waals surface area contributed by atoms with Crippen molar-refractivity contribution in [3.8, 4) is 0 Å². The zero-order valence-electron chi connectivity index (χ0n) is 16.6. The van der Waals surface area contributed by atoms with Gasteiger partial charge in [-0.3, -0.25) is 4.79 Å². The summed E-state index contributed by atoms with van der Waals surface area (Å²) in [4.78, 5) is 29.7. The van der Waals surface area contributed by atoms with Crippen molar-refractivity contribution < 1.29 is 4.79 Å². The number of rotatable bonds is 6. The molecule has 0 unspecified atom stereocenters. The van der Waals surface area contributed by atoms with Crippen molar-refractivity contribution in [1.82, 2.24) is 25.1 Å². The first-order valence-electron chi connectivity index (χ1n) is 10.3. The Balaban J connectivity index is 1.17. The zero-order valence-corrected chi connectivity index (χ0v) is 17.5. The summed E-state index contributed by atoms with van der Waals surface area (Å²) in [5, 5.41) is 4.19. The van der Waals surface area contributed by atoms with Gasteiger partial charge in [0, 0.05) is 57.9 Å². The molecule has 2 saturated heterocycles. The summed E-state index contributed by atoms with van der Waals surface area (Å²) in [6, 6.07) is 3.93. The second-order valence-electron chi connectivity index (χ2n) is 7.87. The fourth-order valence-electron chi connectivity index (χ4n) is 3.96. The molecule has 152 valence electrons. The number of fused-ring (bicyclic) bond motifs is 1. The van der Waals surface area contributed by atoms with Crippen LogP contribution in [0.1, 0.15) is 19.3 Å². The number of carbonyl (C=O) groups is 1. The molecule has 0 aliphatic carbocycles. The van der Waals surface area contributed by atoms with Crippen LogP contribution in [-0.4, -0.2) is 85.1 Å². The molecule has 7 nitrogen and oxygen atoms in total. The molecule has 2 aromatic heterocycles. The summed E-state index contributed by atoms with van der Waals surface area (Å²) in [6.45, 7) is 8.23. The van der Waals surface area contributed by atoms with E-state index in [4.69, 9.17) is 0 Å². The van der Waals surface area contributed by atoms with E-state index in [1.165, 1.54) is 0 Å². The molecule has 2 fully saturated rings.